The van der Waals surface area contributed by atoms with Crippen molar-refractivity contribution in [1.29, 1.82) is 0 Å². The zero-order valence-corrected chi connectivity index (χ0v) is 11.7. The Labute approximate surface area is 114 Å². The lowest BCUT2D eigenvalue weighted by Crippen LogP contribution is -2.07. The summed E-state index contributed by atoms with van der Waals surface area (Å²) in [5, 5.41) is 3.25. The number of aryl methyl sites for hydroxylation is 1. The number of benzene rings is 1. The van der Waals surface area contributed by atoms with Crippen LogP contribution in [0.1, 0.15) is 11.1 Å². The molecule has 0 radical (unpaired) electrons. The van der Waals surface area contributed by atoms with E-state index in [-0.39, 0.29) is 5.82 Å². The quantitative estimate of drug-likeness (QED) is 0.925. The molecule has 0 amide bonds. The second kappa shape index (κ2) is 5.96. The molecule has 2 aromatic rings. The maximum absolute atomic E-state index is 13.0. The number of pyridine rings is 1. The summed E-state index contributed by atoms with van der Waals surface area (Å²) in [6.07, 6.45) is 2.59. The topological polar surface area (TPSA) is 24.9 Å². The van der Waals surface area contributed by atoms with Crippen LogP contribution in [-0.4, -0.2) is 11.5 Å². The van der Waals surface area contributed by atoms with Crippen molar-refractivity contribution in [2.75, 3.05) is 11.9 Å². The number of aromatic nitrogens is 1. The van der Waals surface area contributed by atoms with E-state index in [1.165, 1.54) is 6.07 Å². The molecule has 0 saturated heterocycles. The van der Waals surface area contributed by atoms with E-state index in [1.807, 2.05) is 25.1 Å². The molecule has 2 rings (SSSR count). The van der Waals surface area contributed by atoms with Gasteiger partial charge in [-0.15, -0.1) is 0 Å². The average Bonchev–Trinajstić information content (AvgIpc) is 2.34. The van der Waals surface area contributed by atoms with Gasteiger partial charge >= 0.3 is 0 Å². The highest BCUT2D eigenvalue weighted by Crippen LogP contribution is 2.18. The van der Waals surface area contributed by atoms with Gasteiger partial charge in [-0.1, -0.05) is 6.07 Å². The molecule has 2 nitrogen and oxygen atoms in total. The van der Waals surface area contributed by atoms with Crippen LogP contribution in [0.5, 0.6) is 0 Å². The summed E-state index contributed by atoms with van der Waals surface area (Å²) in [7, 11) is 0. The molecule has 1 heterocycles. The highest BCUT2D eigenvalue weighted by atomic mass is 79.9. The molecule has 0 aliphatic carbocycles. The van der Waals surface area contributed by atoms with Gasteiger partial charge in [-0.2, -0.15) is 0 Å². The smallest absolute Gasteiger partial charge is 0.140 e. The van der Waals surface area contributed by atoms with E-state index in [0.29, 0.717) is 0 Å². The third-order valence-corrected chi connectivity index (χ3v) is 3.39. The predicted octanol–water partition coefficient (Wildman–Crippen LogP) is 3.95. The number of hydrogen-bond acceptors (Lipinski definition) is 2. The average molecular weight is 309 g/mol. The van der Waals surface area contributed by atoms with Gasteiger partial charge in [0.15, 0.2) is 0 Å². The van der Waals surface area contributed by atoms with Gasteiger partial charge in [0.1, 0.15) is 11.6 Å². The Morgan fingerprint density at radius 1 is 1.33 bits per heavy atom. The molecule has 0 bridgehead atoms. The van der Waals surface area contributed by atoms with Gasteiger partial charge in [0, 0.05) is 12.7 Å². The summed E-state index contributed by atoms with van der Waals surface area (Å²) >= 11 is 3.43. The van der Waals surface area contributed by atoms with Crippen molar-refractivity contribution in [3.05, 3.63) is 57.9 Å². The molecule has 1 aromatic heterocycles. The van der Waals surface area contributed by atoms with Crippen molar-refractivity contribution in [2.45, 2.75) is 13.3 Å². The zero-order chi connectivity index (χ0) is 13.0. The van der Waals surface area contributed by atoms with Crippen LogP contribution < -0.4 is 5.32 Å². The second-order valence-electron chi connectivity index (χ2n) is 4.08. The van der Waals surface area contributed by atoms with Crippen LogP contribution in [0.3, 0.4) is 0 Å². The molecule has 1 aromatic carbocycles. The summed E-state index contributed by atoms with van der Waals surface area (Å²) < 4.78 is 13.9. The van der Waals surface area contributed by atoms with Gasteiger partial charge in [0.05, 0.1) is 4.47 Å². The van der Waals surface area contributed by atoms with Crippen molar-refractivity contribution < 1.29 is 4.39 Å². The fraction of sp³-hybridized carbons (Fsp3) is 0.214. The first-order valence-electron chi connectivity index (χ1n) is 5.76. The first-order chi connectivity index (χ1) is 8.66. The Morgan fingerprint density at radius 2 is 2.17 bits per heavy atom. The number of rotatable bonds is 4. The number of nitrogens with one attached hydrogen (secondary N) is 1. The number of hydrogen-bond donors (Lipinski definition) is 1. The molecule has 0 aliphatic rings. The minimum absolute atomic E-state index is 0.184. The van der Waals surface area contributed by atoms with Crippen molar-refractivity contribution in [3.8, 4) is 0 Å². The molecule has 18 heavy (non-hydrogen) atoms. The highest BCUT2D eigenvalue weighted by molar-refractivity contribution is 9.10. The summed E-state index contributed by atoms with van der Waals surface area (Å²) in [6.45, 7) is 2.69. The Kier molecular flexibility index (Phi) is 4.31. The summed E-state index contributed by atoms with van der Waals surface area (Å²) in [5.41, 5.74) is 2.13. The Morgan fingerprint density at radius 3 is 2.89 bits per heavy atom. The maximum atomic E-state index is 13.0. The molecular formula is C14H14BrFN2. The van der Waals surface area contributed by atoms with E-state index in [9.17, 15) is 4.39 Å². The molecule has 0 spiro atoms. The summed E-state index contributed by atoms with van der Waals surface area (Å²) in [4.78, 5) is 4.23. The minimum atomic E-state index is -0.184. The van der Waals surface area contributed by atoms with Gasteiger partial charge in [0.2, 0.25) is 0 Å². The third kappa shape index (κ3) is 3.29. The van der Waals surface area contributed by atoms with Gasteiger partial charge in [-0.05, 0) is 64.7 Å². The SMILES string of the molecule is Cc1cc(F)ccc1CCNc1ncccc1Br. The first-order valence-corrected chi connectivity index (χ1v) is 6.55. The molecule has 4 heteroatoms. The lowest BCUT2D eigenvalue weighted by molar-refractivity contribution is 0.625. The van der Waals surface area contributed by atoms with Crippen LogP contribution >= 0.6 is 15.9 Å². The third-order valence-electron chi connectivity index (χ3n) is 2.75. The van der Waals surface area contributed by atoms with Gasteiger partial charge in [0.25, 0.3) is 0 Å². The van der Waals surface area contributed by atoms with E-state index in [4.69, 9.17) is 0 Å². The molecule has 0 atom stereocenters. The van der Waals surface area contributed by atoms with E-state index >= 15 is 0 Å². The predicted molar refractivity (Wildman–Crippen MR) is 75.3 cm³/mol. The summed E-state index contributed by atoms with van der Waals surface area (Å²) in [6, 6.07) is 8.71. The van der Waals surface area contributed by atoms with E-state index in [0.717, 1.165) is 34.4 Å². The Bertz CT molecular complexity index is 543. The molecule has 0 fully saturated rings. The van der Waals surface area contributed by atoms with Crippen molar-refractivity contribution in [2.24, 2.45) is 0 Å². The zero-order valence-electron chi connectivity index (χ0n) is 10.1. The fourth-order valence-corrected chi connectivity index (χ4v) is 2.17. The molecular weight excluding hydrogens is 295 g/mol. The largest absolute Gasteiger partial charge is 0.369 e. The molecule has 94 valence electrons. The van der Waals surface area contributed by atoms with Crippen LogP contribution in [-0.2, 0) is 6.42 Å². The van der Waals surface area contributed by atoms with Crippen LogP contribution in [0.4, 0.5) is 10.2 Å². The Hall–Kier alpha value is -1.42. The van der Waals surface area contributed by atoms with E-state index in [2.05, 4.69) is 26.2 Å². The Balaban J connectivity index is 1.95. The second-order valence-corrected chi connectivity index (χ2v) is 4.94. The molecule has 0 aliphatic heterocycles. The van der Waals surface area contributed by atoms with Crippen LogP contribution in [0, 0.1) is 12.7 Å². The lowest BCUT2D eigenvalue weighted by Gasteiger charge is -2.09. The van der Waals surface area contributed by atoms with E-state index < -0.39 is 0 Å². The minimum Gasteiger partial charge on any atom is -0.369 e. The van der Waals surface area contributed by atoms with E-state index in [1.54, 1.807) is 12.3 Å². The highest BCUT2D eigenvalue weighted by Gasteiger charge is 2.02. The first kappa shape index (κ1) is 13.0. The van der Waals surface area contributed by atoms with Crippen LogP contribution in [0.15, 0.2) is 41.0 Å². The number of anilines is 1. The monoisotopic (exact) mass is 308 g/mol. The summed E-state index contributed by atoms with van der Waals surface area (Å²) in [5.74, 6) is 0.647. The van der Waals surface area contributed by atoms with Crippen molar-refractivity contribution >= 4 is 21.7 Å². The standard InChI is InChI=1S/C14H14BrFN2/c1-10-9-12(16)5-4-11(10)6-8-18-14-13(15)3-2-7-17-14/h2-5,7,9H,6,8H2,1H3,(H,17,18). The normalized spacial score (nSPS) is 10.4. The van der Waals surface area contributed by atoms with Crippen LogP contribution in [0.2, 0.25) is 0 Å². The molecule has 0 saturated carbocycles. The van der Waals surface area contributed by atoms with Crippen LogP contribution in [0.25, 0.3) is 0 Å². The maximum Gasteiger partial charge on any atom is 0.140 e. The fourth-order valence-electron chi connectivity index (χ4n) is 1.77. The molecule has 1 N–H and O–H groups in total. The number of halogens is 2. The van der Waals surface area contributed by atoms with Gasteiger partial charge in [-0.3, -0.25) is 0 Å². The van der Waals surface area contributed by atoms with Crippen molar-refractivity contribution in [3.63, 3.8) is 0 Å². The van der Waals surface area contributed by atoms with Gasteiger partial charge < -0.3 is 5.32 Å². The van der Waals surface area contributed by atoms with Crippen molar-refractivity contribution in [1.82, 2.24) is 4.98 Å². The molecule has 0 unspecified atom stereocenters. The van der Waals surface area contributed by atoms with Gasteiger partial charge in [-0.25, -0.2) is 9.37 Å². The number of nitrogens with zero attached hydrogens (tertiary/aromatic N) is 1. The lowest BCUT2D eigenvalue weighted by atomic mass is 10.1.